The second-order valence-corrected chi connectivity index (χ2v) is 6.81. The molecule has 2 rings (SSSR count). The molecule has 1 aliphatic rings. The molecule has 0 aromatic heterocycles. The number of halogens is 3. The van der Waals surface area contributed by atoms with Gasteiger partial charge in [-0.05, 0) is 32.7 Å². The molecule has 0 atom stereocenters. The van der Waals surface area contributed by atoms with Crippen LogP contribution < -0.4 is 10.0 Å². The van der Waals surface area contributed by atoms with Gasteiger partial charge in [-0.3, -0.25) is 0 Å². The Bertz CT molecular complexity index is 591. The van der Waals surface area contributed by atoms with Gasteiger partial charge in [0.1, 0.15) is 17.5 Å². The van der Waals surface area contributed by atoms with Gasteiger partial charge in [-0.15, -0.1) is 0 Å². The molecular weight excluding hydrogens is 305 g/mol. The Hall–Kier alpha value is -1.12. The molecule has 21 heavy (non-hydrogen) atoms. The SMILES string of the molecule is CNC1CCC(NS(=O)(=O)c2c(F)cc(F)cc2F)CC1. The van der Waals surface area contributed by atoms with Crippen molar-refractivity contribution in [3.05, 3.63) is 29.6 Å². The van der Waals surface area contributed by atoms with Crippen molar-refractivity contribution in [2.45, 2.75) is 42.7 Å². The zero-order valence-corrected chi connectivity index (χ0v) is 12.3. The summed E-state index contributed by atoms with van der Waals surface area (Å²) >= 11 is 0. The van der Waals surface area contributed by atoms with Crippen LogP contribution in [0, 0.1) is 17.5 Å². The minimum Gasteiger partial charge on any atom is -0.317 e. The van der Waals surface area contributed by atoms with Crippen LogP contribution in [0.1, 0.15) is 25.7 Å². The minimum atomic E-state index is -4.35. The van der Waals surface area contributed by atoms with E-state index in [1.165, 1.54) is 0 Å². The second kappa shape index (κ2) is 6.33. The topological polar surface area (TPSA) is 58.2 Å². The number of sulfonamides is 1. The lowest BCUT2D eigenvalue weighted by Gasteiger charge is -2.28. The molecule has 8 heteroatoms. The lowest BCUT2D eigenvalue weighted by atomic mass is 9.92. The third-order valence-electron chi connectivity index (χ3n) is 3.69. The van der Waals surface area contributed by atoms with E-state index in [0.29, 0.717) is 31.0 Å². The van der Waals surface area contributed by atoms with Crippen LogP contribution in [0.4, 0.5) is 13.2 Å². The predicted molar refractivity (Wildman–Crippen MR) is 71.7 cm³/mol. The third kappa shape index (κ3) is 3.75. The summed E-state index contributed by atoms with van der Waals surface area (Å²) < 4.78 is 66.4. The van der Waals surface area contributed by atoms with Crippen LogP contribution in [-0.2, 0) is 10.0 Å². The fourth-order valence-electron chi connectivity index (χ4n) is 2.56. The number of hydrogen-bond acceptors (Lipinski definition) is 3. The maximum absolute atomic E-state index is 13.6. The van der Waals surface area contributed by atoms with E-state index in [9.17, 15) is 21.6 Å². The molecule has 0 radical (unpaired) electrons. The molecule has 1 aliphatic carbocycles. The zero-order valence-electron chi connectivity index (χ0n) is 11.5. The standard InChI is InChI=1S/C13H17F3N2O2S/c1-17-9-2-4-10(5-3-9)18-21(19,20)13-11(15)6-8(14)7-12(13)16/h6-7,9-10,17-18H,2-5H2,1H3. The summed E-state index contributed by atoms with van der Waals surface area (Å²) in [6, 6.07) is 0.666. The van der Waals surface area contributed by atoms with E-state index in [1.807, 2.05) is 7.05 Å². The van der Waals surface area contributed by atoms with Crippen molar-refractivity contribution in [1.29, 1.82) is 0 Å². The maximum Gasteiger partial charge on any atom is 0.246 e. The van der Waals surface area contributed by atoms with E-state index in [4.69, 9.17) is 0 Å². The largest absolute Gasteiger partial charge is 0.317 e. The van der Waals surface area contributed by atoms with Gasteiger partial charge >= 0.3 is 0 Å². The van der Waals surface area contributed by atoms with E-state index < -0.39 is 32.4 Å². The van der Waals surface area contributed by atoms with Gasteiger partial charge in [-0.25, -0.2) is 26.3 Å². The van der Waals surface area contributed by atoms with Gasteiger partial charge in [-0.1, -0.05) is 0 Å². The van der Waals surface area contributed by atoms with Gasteiger partial charge in [0.2, 0.25) is 10.0 Å². The highest BCUT2D eigenvalue weighted by Crippen LogP contribution is 2.23. The van der Waals surface area contributed by atoms with Crippen molar-refractivity contribution in [1.82, 2.24) is 10.0 Å². The Balaban J connectivity index is 2.16. The minimum absolute atomic E-state index is 0.324. The molecule has 0 spiro atoms. The molecule has 0 saturated heterocycles. The molecule has 0 heterocycles. The number of nitrogens with one attached hydrogen (secondary N) is 2. The summed E-state index contributed by atoms with van der Waals surface area (Å²) in [7, 11) is -2.52. The Morgan fingerprint density at radius 2 is 1.48 bits per heavy atom. The Kier molecular flexibility index (Phi) is 4.90. The average molecular weight is 322 g/mol. The number of hydrogen-bond donors (Lipinski definition) is 2. The first kappa shape index (κ1) is 16.3. The molecule has 0 aliphatic heterocycles. The van der Waals surface area contributed by atoms with Gasteiger partial charge in [0.25, 0.3) is 0 Å². The van der Waals surface area contributed by atoms with Gasteiger partial charge in [0.05, 0.1) is 0 Å². The molecule has 1 aromatic rings. The fraction of sp³-hybridized carbons (Fsp3) is 0.538. The van der Waals surface area contributed by atoms with E-state index in [0.717, 1.165) is 12.8 Å². The number of benzene rings is 1. The molecular formula is C13H17F3N2O2S. The summed E-state index contributed by atoms with van der Waals surface area (Å²) in [6.07, 6.45) is 2.71. The van der Waals surface area contributed by atoms with Crippen molar-refractivity contribution in [2.75, 3.05) is 7.05 Å². The van der Waals surface area contributed by atoms with Gasteiger partial charge in [0.15, 0.2) is 4.90 Å². The third-order valence-corrected chi connectivity index (χ3v) is 5.26. The summed E-state index contributed by atoms with van der Waals surface area (Å²) in [5.41, 5.74) is 0. The van der Waals surface area contributed by atoms with Crippen LogP contribution in [0.3, 0.4) is 0 Å². The van der Waals surface area contributed by atoms with Crippen LogP contribution in [0.15, 0.2) is 17.0 Å². The molecule has 1 aromatic carbocycles. The Morgan fingerprint density at radius 1 is 1.00 bits per heavy atom. The predicted octanol–water partition coefficient (Wildman–Crippen LogP) is 1.91. The van der Waals surface area contributed by atoms with Crippen molar-refractivity contribution < 1.29 is 21.6 Å². The lowest BCUT2D eigenvalue weighted by molar-refractivity contribution is 0.342. The second-order valence-electron chi connectivity index (χ2n) is 5.16. The first-order valence-corrected chi connectivity index (χ1v) is 8.16. The van der Waals surface area contributed by atoms with Crippen LogP contribution in [0.2, 0.25) is 0 Å². The van der Waals surface area contributed by atoms with E-state index in [-0.39, 0.29) is 6.04 Å². The lowest BCUT2D eigenvalue weighted by Crippen LogP contribution is -2.41. The quantitative estimate of drug-likeness (QED) is 0.890. The Labute approximate surface area is 121 Å². The maximum atomic E-state index is 13.6. The van der Waals surface area contributed by atoms with Gasteiger partial charge in [0, 0.05) is 24.2 Å². The van der Waals surface area contributed by atoms with E-state index in [1.54, 1.807) is 0 Å². The monoisotopic (exact) mass is 322 g/mol. The number of rotatable bonds is 4. The molecule has 4 nitrogen and oxygen atoms in total. The van der Waals surface area contributed by atoms with E-state index >= 15 is 0 Å². The highest BCUT2D eigenvalue weighted by atomic mass is 32.2. The zero-order chi connectivity index (χ0) is 15.6. The smallest absolute Gasteiger partial charge is 0.246 e. The van der Waals surface area contributed by atoms with Crippen molar-refractivity contribution >= 4 is 10.0 Å². The van der Waals surface area contributed by atoms with Crippen molar-refractivity contribution in [2.24, 2.45) is 0 Å². The summed E-state index contributed by atoms with van der Waals surface area (Å²) in [5, 5.41) is 3.10. The summed E-state index contributed by atoms with van der Waals surface area (Å²) in [6.45, 7) is 0. The summed E-state index contributed by atoms with van der Waals surface area (Å²) in [5.74, 6) is -4.01. The molecule has 2 N–H and O–H groups in total. The van der Waals surface area contributed by atoms with Gasteiger partial charge in [-0.2, -0.15) is 0 Å². The molecule has 0 amide bonds. The van der Waals surface area contributed by atoms with Crippen molar-refractivity contribution in [3.8, 4) is 0 Å². The molecule has 1 fully saturated rings. The van der Waals surface area contributed by atoms with Crippen LogP contribution in [-0.4, -0.2) is 27.5 Å². The highest BCUT2D eigenvalue weighted by Gasteiger charge is 2.29. The van der Waals surface area contributed by atoms with Crippen LogP contribution in [0.25, 0.3) is 0 Å². The Morgan fingerprint density at radius 3 is 1.95 bits per heavy atom. The summed E-state index contributed by atoms with van der Waals surface area (Å²) in [4.78, 5) is -1.13. The average Bonchev–Trinajstić information content (AvgIpc) is 2.37. The van der Waals surface area contributed by atoms with Crippen LogP contribution >= 0.6 is 0 Å². The molecule has 0 unspecified atom stereocenters. The fourth-order valence-corrected chi connectivity index (χ4v) is 3.99. The first-order chi connectivity index (χ1) is 9.83. The first-order valence-electron chi connectivity index (χ1n) is 6.67. The highest BCUT2D eigenvalue weighted by molar-refractivity contribution is 7.89. The van der Waals surface area contributed by atoms with Gasteiger partial charge < -0.3 is 5.32 Å². The van der Waals surface area contributed by atoms with Crippen molar-refractivity contribution in [3.63, 3.8) is 0 Å². The van der Waals surface area contributed by atoms with E-state index in [2.05, 4.69) is 10.0 Å². The molecule has 0 bridgehead atoms. The van der Waals surface area contributed by atoms with Crippen LogP contribution in [0.5, 0.6) is 0 Å². The molecule has 118 valence electrons. The normalized spacial score (nSPS) is 23.2. The molecule has 1 saturated carbocycles.